The Hall–Kier alpha value is -2.24. The number of benzene rings is 1. The van der Waals surface area contributed by atoms with Crippen molar-refractivity contribution in [1.29, 1.82) is 0 Å². The lowest BCUT2D eigenvalue weighted by Gasteiger charge is -2.15. The van der Waals surface area contributed by atoms with E-state index in [1.54, 1.807) is 6.92 Å². The molecular weight excluding hydrogens is 441 g/mol. The van der Waals surface area contributed by atoms with Crippen LogP contribution in [-0.2, 0) is 25.1 Å². The zero-order valence-corrected chi connectivity index (χ0v) is 15.1. The summed E-state index contributed by atoms with van der Waals surface area (Å²) in [5.74, 6) is 0. The first-order valence-corrected chi connectivity index (χ1v) is 8.20. The molecule has 1 aromatic heterocycles. The van der Waals surface area contributed by atoms with E-state index in [2.05, 4.69) is 9.98 Å². The molecule has 0 spiro atoms. The molecule has 0 saturated carbocycles. The minimum absolute atomic E-state index is 0.0369. The maximum absolute atomic E-state index is 13.3. The minimum Gasteiger partial charge on any atom is -0.301 e. The van der Waals surface area contributed by atoms with Crippen LogP contribution in [0.3, 0.4) is 0 Å². The van der Waals surface area contributed by atoms with E-state index in [4.69, 9.17) is 11.6 Å². The van der Waals surface area contributed by atoms with Crippen molar-refractivity contribution in [2.75, 3.05) is 0 Å². The molecule has 2 rings (SSSR count). The van der Waals surface area contributed by atoms with Crippen molar-refractivity contribution in [2.24, 2.45) is 4.99 Å². The van der Waals surface area contributed by atoms with Gasteiger partial charge < -0.3 is 4.57 Å². The molecule has 0 fully saturated rings. The van der Waals surface area contributed by atoms with Gasteiger partial charge in [-0.15, -0.1) is 0 Å². The lowest BCUT2D eigenvalue weighted by molar-refractivity contribution is -0.143. The molecule has 0 radical (unpaired) electrons. The highest BCUT2D eigenvalue weighted by molar-refractivity contribution is 6.29. The molecule has 0 bridgehead atoms. The highest BCUT2D eigenvalue weighted by atomic mass is 35.5. The summed E-state index contributed by atoms with van der Waals surface area (Å²) in [4.78, 5) is 6.67. The zero-order valence-electron chi connectivity index (χ0n) is 14.3. The first kappa shape index (κ1) is 23.0. The van der Waals surface area contributed by atoms with Gasteiger partial charge in [-0.3, -0.25) is 0 Å². The monoisotopic (exact) mass is 451 g/mol. The Morgan fingerprint density at radius 3 is 2.03 bits per heavy atom. The maximum atomic E-state index is 13.3. The Bertz CT molecular complexity index is 956. The van der Waals surface area contributed by atoms with Crippen molar-refractivity contribution in [3.8, 4) is 0 Å². The largest absolute Gasteiger partial charge is 0.433 e. The fraction of sp³-hybridized carbons (Fsp3) is 0.375. The van der Waals surface area contributed by atoms with Crippen LogP contribution in [0.5, 0.6) is 0 Å². The van der Waals surface area contributed by atoms with Gasteiger partial charge in [0.1, 0.15) is 5.15 Å². The summed E-state index contributed by atoms with van der Waals surface area (Å²) in [6, 6.07) is 1.07. The van der Waals surface area contributed by atoms with Gasteiger partial charge in [0.05, 0.1) is 16.8 Å². The molecule has 0 aliphatic heterocycles. The van der Waals surface area contributed by atoms with Gasteiger partial charge >= 0.3 is 18.5 Å². The van der Waals surface area contributed by atoms with Crippen LogP contribution in [0, 0.1) is 0 Å². The Balaban J connectivity index is 2.83. The second-order valence-electron chi connectivity index (χ2n) is 5.75. The molecule has 1 aromatic carbocycles. The van der Waals surface area contributed by atoms with Crippen LogP contribution in [-0.4, -0.2) is 9.55 Å². The number of nitrogens with zero attached hydrogens (tertiary/aromatic N) is 3. The first-order valence-electron chi connectivity index (χ1n) is 7.82. The average Bonchev–Trinajstić information content (AvgIpc) is 2.55. The van der Waals surface area contributed by atoms with Gasteiger partial charge in [-0.25, -0.2) is 9.98 Å². The summed E-state index contributed by atoms with van der Waals surface area (Å²) in [6.45, 7) is 1.58. The van der Waals surface area contributed by atoms with E-state index < -0.39 is 51.8 Å². The minimum atomic E-state index is -5.25. The van der Waals surface area contributed by atoms with E-state index >= 15 is 0 Å². The molecule has 0 unspecified atom stereocenters. The van der Waals surface area contributed by atoms with Crippen LogP contribution in [0.1, 0.15) is 30.2 Å². The van der Waals surface area contributed by atoms with Crippen molar-refractivity contribution < 1.29 is 39.5 Å². The van der Waals surface area contributed by atoms with E-state index in [0.717, 1.165) is 4.57 Å². The zero-order chi connectivity index (χ0) is 22.2. The van der Waals surface area contributed by atoms with Gasteiger partial charge in [0.2, 0.25) is 5.62 Å². The van der Waals surface area contributed by atoms with Gasteiger partial charge in [0.25, 0.3) is 0 Å². The van der Waals surface area contributed by atoms with E-state index in [0.29, 0.717) is 24.6 Å². The third kappa shape index (κ3) is 5.43. The summed E-state index contributed by atoms with van der Waals surface area (Å²) in [5.41, 5.74) is -6.71. The summed E-state index contributed by atoms with van der Waals surface area (Å²) in [6.07, 6.45) is -15.0. The number of halogens is 10. The molecule has 13 heteroatoms. The lowest BCUT2D eigenvalue weighted by atomic mass is 10.1. The predicted octanol–water partition coefficient (Wildman–Crippen LogP) is 6.24. The van der Waals surface area contributed by atoms with Crippen LogP contribution in [0.15, 0.2) is 29.3 Å². The molecule has 2 aromatic rings. The van der Waals surface area contributed by atoms with Gasteiger partial charge in [-0.2, -0.15) is 39.5 Å². The molecule has 0 aliphatic rings. The Kier molecular flexibility index (Phi) is 6.26. The van der Waals surface area contributed by atoms with Gasteiger partial charge in [0, 0.05) is 12.6 Å². The number of hydrogen-bond acceptors (Lipinski definition) is 2. The smallest absolute Gasteiger partial charge is 0.301 e. The van der Waals surface area contributed by atoms with E-state index in [1.807, 2.05) is 0 Å². The third-order valence-corrected chi connectivity index (χ3v) is 3.88. The van der Waals surface area contributed by atoms with Crippen molar-refractivity contribution in [3.63, 3.8) is 0 Å². The first-order chi connectivity index (χ1) is 13.1. The fourth-order valence-electron chi connectivity index (χ4n) is 2.29. The molecule has 0 amide bonds. The van der Waals surface area contributed by atoms with Crippen LogP contribution < -0.4 is 5.62 Å². The summed E-state index contributed by atoms with van der Waals surface area (Å²) in [5, 5.41) is -0.492. The quantitative estimate of drug-likeness (QED) is 0.401. The summed E-state index contributed by atoms with van der Waals surface area (Å²) in [7, 11) is 0. The van der Waals surface area contributed by atoms with Crippen molar-refractivity contribution in [2.45, 2.75) is 38.4 Å². The number of rotatable bonds is 3. The molecule has 0 atom stereocenters. The van der Waals surface area contributed by atoms with Gasteiger partial charge in [-0.1, -0.05) is 18.5 Å². The lowest BCUT2D eigenvalue weighted by Crippen LogP contribution is -2.28. The Morgan fingerprint density at radius 1 is 0.931 bits per heavy atom. The van der Waals surface area contributed by atoms with Gasteiger partial charge in [-0.05, 0) is 24.6 Å². The standard InChI is InChI=1S/C16H11ClF9N3/c1-2-5-29-12(17)7-11(16(24,25)26)28-13(29)27-10-4-3-8(14(18,19)20)6-9(10)15(21,22)23/h3-4,6-7H,2,5H2,1H3. The average molecular weight is 452 g/mol. The van der Waals surface area contributed by atoms with Crippen molar-refractivity contribution >= 4 is 17.3 Å². The highest BCUT2D eigenvalue weighted by Gasteiger charge is 2.38. The molecule has 0 aliphatic carbocycles. The van der Waals surface area contributed by atoms with E-state index in [9.17, 15) is 39.5 Å². The predicted molar refractivity (Wildman–Crippen MR) is 84.2 cm³/mol. The van der Waals surface area contributed by atoms with Crippen LogP contribution in [0.25, 0.3) is 0 Å². The molecule has 0 saturated heterocycles. The van der Waals surface area contributed by atoms with Crippen LogP contribution in [0.4, 0.5) is 45.2 Å². The molecule has 0 N–H and O–H groups in total. The summed E-state index contributed by atoms with van der Waals surface area (Å²) < 4.78 is 118. The topological polar surface area (TPSA) is 30.2 Å². The van der Waals surface area contributed by atoms with Crippen molar-refractivity contribution in [3.05, 3.63) is 51.9 Å². The second-order valence-corrected chi connectivity index (χ2v) is 6.14. The maximum Gasteiger partial charge on any atom is 0.433 e. The fourth-order valence-corrected chi connectivity index (χ4v) is 2.56. The molecule has 3 nitrogen and oxygen atoms in total. The summed E-state index contributed by atoms with van der Waals surface area (Å²) >= 11 is 5.79. The number of aromatic nitrogens is 2. The SMILES string of the molecule is CCCn1c(Cl)cc(C(F)(F)F)nc1=Nc1ccc(C(F)(F)F)cc1C(F)(F)F. The molecule has 160 valence electrons. The second kappa shape index (κ2) is 7.88. The highest BCUT2D eigenvalue weighted by Crippen LogP contribution is 2.40. The van der Waals surface area contributed by atoms with Crippen LogP contribution in [0.2, 0.25) is 5.15 Å². The van der Waals surface area contributed by atoms with Crippen LogP contribution >= 0.6 is 11.6 Å². The molecule has 1 heterocycles. The van der Waals surface area contributed by atoms with Crippen molar-refractivity contribution in [1.82, 2.24) is 9.55 Å². The molecular formula is C16H11ClF9N3. The number of alkyl halides is 9. The third-order valence-electron chi connectivity index (χ3n) is 3.56. The Morgan fingerprint density at radius 2 is 1.55 bits per heavy atom. The van der Waals surface area contributed by atoms with Gasteiger partial charge in [0.15, 0.2) is 5.69 Å². The van der Waals surface area contributed by atoms with E-state index in [1.165, 1.54) is 0 Å². The normalized spacial score (nSPS) is 13.8. The molecule has 29 heavy (non-hydrogen) atoms. The van der Waals surface area contributed by atoms with E-state index in [-0.39, 0.29) is 12.6 Å². The number of hydrogen-bond donors (Lipinski definition) is 0. The Labute approximate surface area is 162 Å².